The number of aliphatic hydroxyl groups excluding tert-OH is 1. The number of rotatable bonds is 6. The zero-order valence-electron chi connectivity index (χ0n) is 19.5. The molecule has 9 heteroatoms. The van der Waals surface area contributed by atoms with E-state index in [-0.39, 0.29) is 24.9 Å². The van der Waals surface area contributed by atoms with Gasteiger partial charge in [0.2, 0.25) is 11.8 Å². The molecule has 0 bridgehead atoms. The van der Waals surface area contributed by atoms with E-state index in [1.165, 1.54) is 6.92 Å². The van der Waals surface area contributed by atoms with Gasteiger partial charge in [-0.25, -0.2) is 0 Å². The number of fused-ring (bicyclic) bond motifs is 2. The summed E-state index contributed by atoms with van der Waals surface area (Å²) in [5, 5.41) is 14.5. The van der Waals surface area contributed by atoms with Crippen molar-refractivity contribution in [3.8, 4) is 5.75 Å². The van der Waals surface area contributed by atoms with E-state index < -0.39 is 24.1 Å². The molecule has 7 nitrogen and oxygen atoms in total. The van der Waals surface area contributed by atoms with Crippen LogP contribution >= 0.6 is 28.3 Å². The highest BCUT2D eigenvalue weighted by molar-refractivity contribution is 9.10. The Morgan fingerprint density at radius 2 is 2.00 bits per heavy atom. The summed E-state index contributed by atoms with van der Waals surface area (Å²) in [6.07, 6.45) is 0.0328. The summed E-state index contributed by atoms with van der Waals surface area (Å²) in [6, 6.07) is 15.8. The van der Waals surface area contributed by atoms with E-state index in [1.807, 2.05) is 54.6 Å². The number of para-hydroxylation sites is 1. The van der Waals surface area contributed by atoms with Crippen molar-refractivity contribution in [1.29, 1.82) is 0 Å². The number of anilines is 1. The SMILES string of the molecule is COc1ccc2cc(Br)ccc2c1CN1C(=O)C(NC(=O)[C@@H](N)[C@H](C)O)CCc2ccccc21.Cl. The molecule has 0 fully saturated rings. The average Bonchev–Trinajstić information content (AvgIpc) is 2.95. The zero-order chi connectivity index (χ0) is 24.4. The second kappa shape index (κ2) is 11.4. The van der Waals surface area contributed by atoms with E-state index in [0.717, 1.165) is 32.1 Å². The second-order valence-electron chi connectivity index (χ2n) is 8.53. The van der Waals surface area contributed by atoms with E-state index in [9.17, 15) is 14.7 Å². The molecule has 1 unspecified atom stereocenters. The molecule has 186 valence electrons. The summed E-state index contributed by atoms with van der Waals surface area (Å²) in [7, 11) is 1.61. The largest absolute Gasteiger partial charge is 0.496 e. The lowest BCUT2D eigenvalue weighted by atomic mass is 10.0. The molecule has 2 amide bonds. The number of carbonyl (C=O) groups excluding carboxylic acids is 2. The predicted molar refractivity (Wildman–Crippen MR) is 143 cm³/mol. The summed E-state index contributed by atoms with van der Waals surface area (Å²) in [5.41, 5.74) is 8.52. The monoisotopic (exact) mass is 561 g/mol. The van der Waals surface area contributed by atoms with Gasteiger partial charge in [-0.3, -0.25) is 9.59 Å². The number of aliphatic hydroxyl groups is 1. The van der Waals surface area contributed by atoms with Gasteiger partial charge in [-0.1, -0.05) is 46.3 Å². The van der Waals surface area contributed by atoms with E-state index in [4.69, 9.17) is 10.5 Å². The van der Waals surface area contributed by atoms with Crippen molar-refractivity contribution >= 4 is 56.6 Å². The minimum atomic E-state index is -1.11. The molecule has 0 spiro atoms. The molecular formula is C26H29BrClN3O4. The number of nitrogens with zero attached hydrogens (tertiary/aromatic N) is 1. The van der Waals surface area contributed by atoms with Crippen LogP contribution in [0.1, 0.15) is 24.5 Å². The first kappa shape index (κ1) is 26.9. The Labute approximate surface area is 219 Å². The zero-order valence-corrected chi connectivity index (χ0v) is 21.9. The Morgan fingerprint density at radius 1 is 1.26 bits per heavy atom. The summed E-state index contributed by atoms with van der Waals surface area (Å²) in [5.74, 6) is -0.0971. The molecular weight excluding hydrogens is 534 g/mol. The van der Waals surface area contributed by atoms with Gasteiger partial charge >= 0.3 is 0 Å². The number of ether oxygens (including phenoxy) is 1. The van der Waals surface area contributed by atoms with Crippen molar-refractivity contribution in [2.24, 2.45) is 5.73 Å². The van der Waals surface area contributed by atoms with Crippen LogP contribution in [0.15, 0.2) is 59.1 Å². The molecule has 3 atom stereocenters. The van der Waals surface area contributed by atoms with Crippen LogP contribution in [-0.4, -0.2) is 42.2 Å². The normalized spacial score (nSPS) is 17.1. The second-order valence-corrected chi connectivity index (χ2v) is 9.45. The van der Waals surface area contributed by atoms with E-state index in [2.05, 4.69) is 21.2 Å². The van der Waals surface area contributed by atoms with Crippen molar-refractivity contribution in [1.82, 2.24) is 5.32 Å². The maximum Gasteiger partial charge on any atom is 0.249 e. The molecule has 1 aliphatic heterocycles. The van der Waals surface area contributed by atoms with Crippen LogP contribution in [0.25, 0.3) is 10.8 Å². The molecule has 0 aliphatic carbocycles. The van der Waals surface area contributed by atoms with Gasteiger partial charge in [-0.15, -0.1) is 12.4 Å². The fraction of sp³-hybridized carbons (Fsp3) is 0.308. The molecule has 0 saturated heterocycles. The van der Waals surface area contributed by atoms with Crippen molar-refractivity contribution in [3.05, 3.63) is 70.2 Å². The first-order valence-electron chi connectivity index (χ1n) is 11.2. The van der Waals surface area contributed by atoms with Crippen LogP contribution in [0.3, 0.4) is 0 Å². The van der Waals surface area contributed by atoms with Gasteiger partial charge in [-0.05, 0) is 60.4 Å². The van der Waals surface area contributed by atoms with E-state index in [1.54, 1.807) is 12.0 Å². The lowest BCUT2D eigenvalue weighted by Crippen LogP contribution is -2.54. The quantitative estimate of drug-likeness (QED) is 0.425. The number of methoxy groups -OCH3 is 1. The fourth-order valence-electron chi connectivity index (χ4n) is 4.36. The number of hydrogen-bond donors (Lipinski definition) is 3. The average molecular weight is 563 g/mol. The maximum atomic E-state index is 13.8. The van der Waals surface area contributed by atoms with Crippen LogP contribution in [0, 0.1) is 0 Å². The highest BCUT2D eigenvalue weighted by Gasteiger charge is 2.33. The van der Waals surface area contributed by atoms with Gasteiger partial charge in [0.15, 0.2) is 0 Å². The van der Waals surface area contributed by atoms with Crippen LogP contribution < -0.4 is 20.7 Å². The summed E-state index contributed by atoms with van der Waals surface area (Å²) < 4.78 is 6.63. The van der Waals surface area contributed by atoms with Gasteiger partial charge in [0.25, 0.3) is 0 Å². The predicted octanol–water partition coefficient (Wildman–Crippen LogP) is 3.71. The third-order valence-corrected chi connectivity index (χ3v) is 6.77. The number of aryl methyl sites for hydroxylation is 1. The highest BCUT2D eigenvalue weighted by atomic mass is 79.9. The van der Waals surface area contributed by atoms with Crippen LogP contribution in [0.4, 0.5) is 5.69 Å². The fourth-order valence-corrected chi connectivity index (χ4v) is 4.74. The Bertz CT molecular complexity index is 1240. The Morgan fingerprint density at radius 3 is 2.71 bits per heavy atom. The molecule has 35 heavy (non-hydrogen) atoms. The Balaban J connectivity index is 0.00000342. The lowest BCUT2D eigenvalue weighted by Gasteiger charge is -2.28. The van der Waals surface area contributed by atoms with Gasteiger partial charge in [-0.2, -0.15) is 0 Å². The van der Waals surface area contributed by atoms with Crippen LogP contribution in [0.2, 0.25) is 0 Å². The Hall–Kier alpha value is -2.65. The number of benzene rings is 3. The maximum absolute atomic E-state index is 13.8. The van der Waals surface area contributed by atoms with Crippen molar-refractivity contribution in [3.63, 3.8) is 0 Å². The molecule has 3 aromatic rings. The molecule has 3 aromatic carbocycles. The number of carbonyl (C=O) groups is 2. The third-order valence-electron chi connectivity index (χ3n) is 6.27. The van der Waals surface area contributed by atoms with Crippen molar-refractivity contribution in [2.75, 3.05) is 12.0 Å². The van der Waals surface area contributed by atoms with Gasteiger partial charge in [0, 0.05) is 15.7 Å². The standard InChI is InChI=1S/C26H28BrN3O4.ClH/c1-15(31)24(28)25(32)29-21-11-7-16-5-3-4-6-22(16)30(26(21)33)14-20-19-10-9-18(27)13-17(19)8-12-23(20)34-2;/h3-6,8-10,12-13,15,21,24,31H,7,11,14,28H2,1-2H3,(H,29,32);1H/t15-,21?,24-;/m0./s1. The smallest absolute Gasteiger partial charge is 0.249 e. The highest BCUT2D eigenvalue weighted by Crippen LogP contribution is 2.35. The molecule has 4 N–H and O–H groups in total. The summed E-state index contributed by atoms with van der Waals surface area (Å²) in [4.78, 5) is 28.1. The minimum Gasteiger partial charge on any atom is -0.496 e. The van der Waals surface area contributed by atoms with Crippen LogP contribution in [0.5, 0.6) is 5.75 Å². The molecule has 0 aromatic heterocycles. The number of amides is 2. The third kappa shape index (κ3) is 5.62. The topological polar surface area (TPSA) is 105 Å². The van der Waals surface area contributed by atoms with Gasteiger partial charge < -0.3 is 25.8 Å². The summed E-state index contributed by atoms with van der Waals surface area (Å²) >= 11 is 3.52. The van der Waals surface area contributed by atoms with E-state index >= 15 is 0 Å². The number of nitrogens with two attached hydrogens (primary N) is 1. The Kier molecular flexibility index (Phi) is 8.77. The number of halogens is 2. The molecule has 1 heterocycles. The van der Waals surface area contributed by atoms with Crippen LogP contribution in [-0.2, 0) is 22.6 Å². The molecule has 0 radical (unpaired) electrons. The van der Waals surface area contributed by atoms with Gasteiger partial charge in [0.1, 0.15) is 17.8 Å². The minimum absolute atomic E-state index is 0. The number of nitrogens with one attached hydrogen (secondary N) is 1. The van der Waals surface area contributed by atoms with Crippen molar-refractivity contribution in [2.45, 2.75) is 44.5 Å². The first-order chi connectivity index (χ1) is 16.3. The van der Waals surface area contributed by atoms with E-state index in [0.29, 0.717) is 18.6 Å². The molecule has 1 aliphatic rings. The number of hydrogen-bond acceptors (Lipinski definition) is 5. The van der Waals surface area contributed by atoms with Gasteiger partial charge in [0.05, 0.1) is 19.8 Å². The molecule has 0 saturated carbocycles. The lowest BCUT2D eigenvalue weighted by molar-refractivity contribution is -0.129. The van der Waals surface area contributed by atoms with Crippen molar-refractivity contribution < 1.29 is 19.4 Å². The molecule has 4 rings (SSSR count). The summed E-state index contributed by atoms with van der Waals surface area (Å²) in [6.45, 7) is 1.72. The first-order valence-corrected chi connectivity index (χ1v) is 12.0.